The van der Waals surface area contributed by atoms with E-state index in [0.29, 0.717) is 0 Å². The molecule has 0 bridgehead atoms. The first-order valence-corrected chi connectivity index (χ1v) is 7.74. The van der Waals surface area contributed by atoms with E-state index in [1.54, 1.807) is 17.5 Å². The second-order valence-corrected chi connectivity index (χ2v) is 6.24. The smallest absolute Gasteiger partial charge is 0.0636 e. The lowest BCUT2D eigenvalue weighted by molar-refractivity contribution is 0.577. The zero-order valence-corrected chi connectivity index (χ0v) is 12.7. The van der Waals surface area contributed by atoms with Gasteiger partial charge in [0.05, 0.1) is 5.02 Å². The number of nitrogens with one attached hydrogen (secondary N) is 1. The molecule has 2 heterocycles. The number of fused-ring (bicyclic) bond motifs is 1. The van der Waals surface area contributed by atoms with Gasteiger partial charge in [0.25, 0.3) is 0 Å². The topological polar surface area (TPSA) is 24.9 Å². The molecule has 0 spiro atoms. The number of thiophene rings is 1. The van der Waals surface area contributed by atoms with Gasteiger partial charge in [0.2, 0.25) is 0 Å². The van der Waals surface area contributed by atoms with Gasteiger partial charge in [0.1, 0.15) is 0 Å². The first-order valence-electron chi connectivity index (χ1n) is 6.55. The van der Waals surface area contributed by atoms with Crippen molar-refractivity contribution in [3.05, 3.63) is 64.3 Å². The third kappa shape index (κ3) is 2.70. The van der Waals surface area contributed by atoms with E-state index in [2.05, 4.69) is 35.4 Å². The summed E-state index contributed by atoms with van der Waals surface area (Å²) in [6.07, 6.45) is 3.68. The number of pyridine rings is 1. The van der Waals surface area contributed by atoms with E-state index in [4.69, 9.17) is 11.6 Å². The molecule has 4 heteroatoms. The van der Waals surface area contributed by atoms with Crippen molar-refractivity contribution in [3.8, 4) is 0 Å². The third-order valence-electron chi connectivity index (χ3n) is 3.35. The summed E-state index contributed by atoms with van der Waals surface area (Å²) in [4.78, 5) is 5.33. The fraction of sp³-hybridized carbons (Fsp3) is 0.188. The van der Waals surface area contributed by atoms with E-state index in [0.717, 1.165) is 17.0 Å². The van der Waals surface area contributed by atoms with Gasteiger partial charge in [-0.25, -0.2) is 0 Å². The van der Waals surface area contributed by atoms with Crippen LogP contribution in [0.4, 0.5) is 0 Å². The van der Waals surface area contributed by atoms with Gasteiger partial charge in [0, 0.05) is 39.9 Å². The number of nitrogens with zero attached hydrogens (tertiary/aromatic N) is 1. The molecule has 0 fully saturated rings. The lowest BCUT2D eigenvalue weighted by Gasteiger charge is -2.13. The molecule has 1 atom stereocenters. The second-order valence-electron chi connectivity index (χ2n) is 4.72. The van der Waals surface area contributed by atoms with E-state index in [1.165, 1.54) is 15.1 Å². The zero-order chi connectivity index (χ0) is 13.9. The van der Waals surface area contributed by atoms with E-state index in [9.17, 15) is 0 Å². The molecule has 0 radical (unpaired) electrons. The van der Waals surface area contributed by atoms with Gasteiger partial charge >= 0.3 is 0 Å². The molecule has 0 aliphatic carbocycles. The lowest BCUT2D eigenvalue weighted by atomic mass is 10.1. The third-order valence-corrected chi connectivity index (χ3v) is 5.07. The monoisotopic (exact) mass is 302 g/mol. The molecule has 3 aromatic rings. The van der Waals surface area contributed by atoms with Crippen molar-refractivity contribution < 1.29 is 0 Å². The highest BCUT2D eigenvalue weighted by Gasteiger charge is 2.11. The van der Waals surface area contributed by atoms with Crippen molar-refractivity contribution in [1.29, 1.82) is 0 Å². The normalized spacial score (nSPS) is 12.7. The Morgan fingerprint density at radius 1 is 1.25 bits per heavy atom. The van der Waals surface area contributed by atoms with E-state index >= 15 is 0 Å². The summed E-state index contributed by atoms with van der Waals surface area (Å²) in [6.45, 7) is 2.91. The molecule has 2 aromatic heterocycles. The Kier molecular flexibility index (Phi) is 4.01. The molecule has 102 valence electrons. The average Bonchev–Trinajstić information content (AvgIpc) is 2.83. The summed E-state index contributed by atoms with van der Waals surface area (Å²) in [5.41, 5.74) is 1.18. The quantitative estimate of drug-likeness (QED) is 0.749. The molecule has 0 saturated heterocycles. The predicted octanol–water partition coefficient (Wildman–Crippen LogP) is 4.80. The standard InChI is InChI=1S/C16H15ClN2S/c1-11(12-5-4-8-18-9-12)19-10-15-16(17)13-6-2-3-7-14(13)20-15/h2-9,11,19H,10H2,1H3/t11-/m0/s1. The number of halogens is 1. The molecule has 1 N–H and O–H groups in total. The van der Waals surface area contributed by atoms with Crippen molar-refractivity contribution in [2.24, 2.45) is 0 Å². The highest BCUT2D eigenvalue weighted by Crippen LogP contribution is 2.35. The van der Waals surface area contributed by atoms with Crippen LogP contribution in [0.25, 0.3) is 10.1 Å². The van der Waals surface area contributed by atoms with Crippen LogP contribution >= 0.6 is 22.9 Å². The van der Waals surface area contributed by atoms with Gasteiger partial charge in [0.15, 0.2) is 0 Å². The number of rotatable bonds is 4. The summed E-state index contributed by atoms with van der Waals surface area (Å²) in [5.74, 6) is 0. The predicted molar refractivity (Wildman–Crippen MR) is 86.3 cm³/mol. The van der Waals surface area contributed by atoms with Gasteiger partial charge in [-0.05, 0) is 24.6 Å². The van der Waals surface area contributed by atoms with Gasteiger partial charge in [-0.15, -0.1) is 11.3 Å². The maximum absolute atomic E-state index is 6.44. The van der Waals surface area contributed by atoms with E-state index in [1.807, 2.05) is 24.4 Å². The van der Waals surface area contributed by atoms with Crippen LogP contribution in [0.3, 0.4) is 0 Å². The van der Waals surface area contributed by atoms with Crippen molar-refractivity contribution in [1.82, 2.24) is 10.3 Å². The Morgan fingerprint density at radius 2 is 2.10 bits per heavy atom. The fourth-order valence-corrected chi connectivity index (χ4v) is 3.62. The Morgan fingerprint density at radius 3 is 2.85 bits per heavy atom. The minimum Gasteiger partial charge on any atom is -0.305 e. The van der Waals surface area contributed by atoms with Crippen LogP contribution in [-0.4, -0.2) is 4.98 Å². The summed E-state index contributed by atoms with van der Waals surface area (Å²) < 4.78 is 1.24. The van der Waals surface area contributed by atoms with Gasteiger partial charge < -0.3 is 5.32 Å². The summed E-state index contributed by atoms with van der Waals surface area (Å²) in [6, 6.07) is 12.5. The molecular formula is C16H15ClN2S. The zero-order valence-electron chi connectivity index (χ0n) is 11.1. The van der Waals surface area contributed by atoms with Crippen LogP contribution in [0.5, 0.6) is 0 Å². The summed E-state index contributed by atoms with van der Waals surface area (Å²) >= 11 is 8.20. The Balaban J connectivity index is 1.76. The molecule has 0 aliphatic rings. The number of hydrogen-bond acceptors (Lipinski definition) is 3. The van der Waals surface area contributed by atoms with Crippen molar-refractivity contribution in [2.75, 3.05) is 0 Å². The van der Waals surface area contributed by atoms with E-state index in [-0.39, 0.29) is 6.04 Å². The molecule has 0 unspecified atom stereocenters. The molecule has 0 amide bonds. The SMILES string of the molecule is C[C@H](NCc1sc2ccccc2c1Cl)c1cccnc1. The maximum atomic E-state index is 6.44. The highest BCUT2D eigenvalue weighted by molar-refractivity contribution is 7.19. The average molecular weight is 303 g/mol. The van der Waals surface area contributed by atoms with Crippen LogP contribution in [0, 0.1) is 0 Å². The lowest BCUT2D eigenvalue weighted by Crippen LogP contribution is -2.17. The first kappa shape index (κ1) is 13.6. The molecule has 3 rings (SSSR count). The molecule has 0 saturated carbocycles. The first-order chi connectivity index (χ1) is 9.75. The van der Waals surface area contributed by atoms with Crippen molar-refractivity contribution >= 4 is 33.0 Å². The molecule has 2 nitrogen and oxygen atoms in total. The second kappa shape index (κ2) is 5.92. The Labute approximate surface area is 127 Å². The summed E-state index contributed by atoms with van der Waals surface area (Å²) in [5, 5.41) is 5.52. The number of hydrogen-bond donors (Lipinski definition) is 1. The fourth-order valence-electron chi connectivity index (χ4n) is 2.17. The van der Waals surface area contributed by atoms with Crippen molar-refractivity contribution in [2.45, 2.75) is 19.5 Å². The van der Waals surface area contributed by atoms with Gasteiger partial charge in [-0.3, -0.25) is 4.98 Å². The maximum Gasteiger partial charge on any atom is 0.0636 e. The Bertz CT molecular complexity index is 709. The number of benzene rings is 1. The van der Waals surface area contributed by atoms with E-state index < -0.39 is 0 Å². The van der Waals surface area contributed by atoms with Crippen LogP contribution in [0.15, 0.2) is 48.8 Å². The minimum absolute atomic E-state index is 0.255. The highest BCUT2D eigenvalue weighted by atomic mass is 35.5. The van der Waals surface area contributed by atoms with Crippen LogP contribution in [0.1, 0.15) is 23.4 Å². The molecule has 0 aliphatic heterocycles. The van der Waals surface area contributed by atoms with Crippen LogP contribution in [-0.2, 0) is 6.54 Å². The number of aromatic nitrogens is 1. The van der Waals surface area contributed by atoms with Gasteiger partial charge in [-0.1, -0.05) is 35.9 Å². The molecular weight excluding hydrogens is 288 g/mol. The van der Waals surface area contributed by atoms with Crippen LogP contribution < -0.4 is 5.32 Å². The summed E-state index contributed by atoms with van der Waals surface area (Å²) in [7, 11) is 0. The largest absolute Gasteiger partial charge is 0.305 e. The minimum atomic E-state index is 0.255. The van der Waals surface area contributed by atoms with Crippen LogP contribution in [0.2, 0.25) is 5.02 Å². The van der Waals surface area contributed by atoms with Crippen molar-refractivity contribution in [3.63, 3.8) is 0 Å². The Hall–Kier alpha value is -1.42. The molecule has 20 heavy (non-hydrogen) atoms. The van der Waals surface area contributed by atoms with Gasteiger partial charge in [-0.2, -0.15) is 0 Å². The molecule has 1 aromatic carbocycles.